The van der Waals surface area contributed by atoms with Crippen molar-refractivity contribution in [3.05, 3.63) is 29.3 Å². The third kappa shape index (κ3) is 3.93. The number of benzene rings is 1. The van der Waals surface area contributed by atoms with E-state index in [1.807, 2.05) is 0 Å². The predicted octanol–water partition coefficient (Wildman–Crippen LogP) is 2.53. The van der Waals surface area contributed by atoms with Gasteiger partial charge in [-0.3, -0.25) is 0 Å². The van der Waals surface area contributed by atoms with E-state index in [1.54, 1.807) is 0 Å². The van der Waals surface area contributed by atoms with E-state index in [0.29, 0.717) is 0 Å². The van der Waals surface area contributed by atoms with Crippen LogP contribution in [0.1, 0.15) is 37.3 Å². The number of rotatable bonds is 5. The van der Waals surface area contributed by atoms with E-state index in [2.05, 4.69) is 47.7 Å². The molecule has 22 heavy (non-hydrogen) atoms. The summed E-state index contributed by atoms with van der Waals surface area (Å²) in [6, 6.07) is 6.80. The summed E-state index contributed by atoms with van der Waals surface area (Å²) < 4.78 is 0. The van der Waals surface area contributed by atoms with Gasteiger partial charge in [-0.15, -0.1) is 0 Å². The quantitative estimate of drug-likeness (QED) is 0.648. The Hall–Kier alpha value is -1.71. The number of hydrogen-bond acceptors (Lipinski definition) is 2. The molecule has 0 atom stereocenters. The molecule has 1 heterocycles. The molecule has 4 heteroatoms. The van der Waals surface area contributed by atoms with Crippen molar-refractivity contribution in [3.8, 4) is 0 Å². The number of nitrogens with zero attached hydrogens (tertiary/aromatic N) is 2. The van der Waals surface area contributed by atoms with E-state index in [-0.39, 0.29) is 0 Å². The van der Waals surface area contributed by atoms with Crippen molar-refractivity contribution in [2.45, 2.75) is 39.2 Å². The Morgan fingerprint density at radius 3 is 2.95 bits per heavy atom. The summed E-state index contributed by atoms with van der Waals surface area (Å²) in [6.07, 6.45) is 5.18. The van der Waals surface area contributed by atoms with Crippen molar-refractivity contribution in [2.24, 2.45) is 10.9 Å². The second-order valence-electron chi connectivity index (χ2n) is 6.51. The van der Waals surface area contributed by atoms with E-state index >= 15 is 0 Å². The Balaban J connectivity index is 1.64. The molecule has 0 spiro atoms. The lowest BCUT2D eigenvalue weighted by Crippen LogP contribution is -2.38. The van der Waals surface area contributed by atoms with Gasteiger partial charge in [0.25, 0.3) is 0 Å². The lowest BCUT2D eigenvalue weighted by molar-refractivity contribution is 0.736. The van der Waals surface area contributed by atoms with Crippen molar-refractivity contribution >= 4 is 11.6 Å². The van der Waals surface area contributed by atoms with E-state index in [0.717, 1.165) is 31.5 Å². The Morgan fingerprint density at radius 1 is 1.32 bits per heavy atom. The molecule has 2 N–H and O–H groups in total. The van der Waals surface area contributed by atoms with Crippen LogP contribution in [0.25, 0.3) is 0 Å². The molecular formula is C18H28N4. The normalized spacial score (nSPS) is 18.1. The topological polar surface area (TPSA) is 39.7 Å². The standard InChI is InChI=1S/C18H28N4/c1-3-19-18(20-12-14-6-7-14)21-13-15-8-9-17-16(11-15)5-4-10-22(17)2/h8-9,11,14H,3-7,10,12-13H2,1-2H3,(H2,19,20,21). The number of aliphatic imine (C=N–C) groups is 1. The number of anilines is 1. The number of nitrogens with one attached hydrogen (secondary N) is 2. The van der Waals surface area contributed by atoms with Gasteiger partial charge in [-0.05, 0) is 55.7 Å². The first-order valence-corrected chi connectivity index (χ1v) is 8.61. The van der Waals surface area contributed by atoms with Crippen LogP contribution in [-0.2, 0) is 13.0 Å². The highest BCUT2D eigenvalue weighted by Gasteiger charge is 2.21. The van der Waals surface area contributed by atoms with Crippen LogP contribution in [0.3, 0.4) is 0 Å². The maximum atomic E-state index is 4.73. The highest BCUT2D eigenvalue weighted by Crippen LogP contribution is 2.28. The molecule has 2 aliphatic rings. The third-order valence-electron chi connectivity index (χ3n) is 4.51. The van der Waals surface area contributed by atoms with Crippen molar-refractivity contribution in [1.29, 1.82) is 0 Å². The van der Waals surface area contributed by atoms with Gasteiger partial charge < -0.3 is 15.5 Å². The highest BCUT2D eigenvalue weighted by molar-refractivity contribution is 5.79. The SMILES string of the molecule is CCNC(=NCc1ccc2c(c1)CCCN2C)NCC1CC1. The summed E-state index contributed by atoms with van der Waals surface area (Å²) in [5, 5.41) is 6.79. The molecule has 1 aromatic rings. The average molecular weight is 300 g/mol. The number of fused-ring (bicyclic) bond motifs is 1. The largest absolute Gasteiger partial charge is 0.374 e. The molecule has 1 saturated carbocycles. The number of guanidine groups is 1. The van der Waals surface area contributed by atoms with Crippen LogP contribution in [0.4, 0.5) is 5.69 Å². The maximum absolute atomic E-state index is 4.73. The lowest BCUT2D eigenvalue weighted by atomic mass is 10.00. The van der Waals surface area contributed by atoms with Gasteiger partial charge in [-0.1, -0.05) is 12.1 Å². The molecule has 0 unspecified atom stereocenters. The van der Waals surface area contributed by atoms with Crippen LogP contribution in [0.5, 0.6) is 0 Å². The van der Waals surface area contributed by atoms with Gasteiger partial charge in [-0.25, -0.2) is 4.99 Å². The first-order valence-electron chi connectivity index (χ1n) is 8.61. The fourth-order valence-corrected chi connectivity index (χ4v) is 3.01. The molecule has 0 bridgehead atoms. The second kappa shape index (κ2) is 7.03. The first kappa shape index (κ1) is 15.2. The van der Waals surface area contributed by atoms with Crippen LogP contribution < -0.4 is 15.5 Å². The van der Waals surface area contributed by atoms with Crippen LogP contribution in [-0.4, -0.2) is 32.6 Å². The van der Waals surface area contributed by atoms with Crippen molar-refractivity contribution < 1.29 is 0 Å². The molecule has 0 aromatic heterocycles. The van der Waals surface area contributed by atoms with Gasteiger partial charge in [-0.2, -0.15) is 0 Å². The van der Waals surface area contributed by atoms with Gasteiger partial charge in [0.05, 0.1) is 6.54 Å². The van der Waals surface area contributed by atoms with Crippen LogP contribution >= 0.6 is 0 Å². The minimum absolute atomic E-state index is 0.747. The maximum Gasteiger partial charge on any atom is 0.191 e. The molecule has 1 aliphatic carbocycles. The minimum atomic E-state index is 0.747. The lowest BCUT2D eigenvalue weighted by Gasteiger charge is -2.27. The predicted molar refractivity (Wildman–Crippen MR) is 93.6 cm³/mol. The van der Waals surface area contributed by atoms with Crippen LogP contribution in [0, 0.1) is 5.92 Å². The zero-order valence-electron chi connectivity index (χ0n) is 13.9. The highest BCUT2D eigenvalue weighted by atomic mass is 15.2. The molecule has 1 aliphatic heterocycles. The summed E-state index contributed by atoms with van der Waals surface area (Å²) in [5.41, 5.74) is 4.16. The van der Waals surface area contributed by atoms with E-state index < -0.39 is 0 Å². The van der Waals surface area contributed by atoms with E-state index in [4.69, 9.17) is 4.99 Å². The summed E-state index contributed by atoms with van der Waals surface area (Å²) in [6.45, 7) is 5.99. The van der Waals surface area contributed by atoms with Crippen molar-refractivity contribution in [3.63, 3.8) is 0 Å². The summed E-state index contributed by atoms with van der Waals surface area (Å²) in [5.74, 6) is 1.81. The fourth-order valence-electron chi connectivity index (χ4n) is 3.01. The van der Waals surface area contributed by atoms with Gasteiger partial charge in [0.15, 0.2) is 5.96 Å². The summed E-state index contributed by atoms with van der Waals surface area (Å²) in [7, 11) is 2.18. The van der Waals surface area contributed by atoms with Gasteiger partial charge >= 0.3 is 0 Å². The molecule has 0 saturated heterocycles. The molecule has 120 valence electrons. The zero-order valence-corrected chi connectivity index (χ0v) is 13.9. The average Bonchev–Trinajstić information content (AvgIpc) is 3.34. The number of aryl methyl sites for hydroxylation is 1. The van der Waals surface area contributed by atoms with Crippen LogP contribution in [0.2, 0.25) is 0 Å². The smallest absolute Gasteiger partial charge is 0.191 e. The molecule has 0 radical (unpaired) electrons. The van der Waals surface area contributed by atoms with Gasteiger partial charge in [0.2, 0.25) is 0 Å². The fraction of sp³-hybridized carbons (Fsp3) is 0.611. The van der Waals surface area contributed by atoms with Gasteiger partial charge in [0, 0.05) is 32.4 Å². The van der Waals surface area contributed by atoms with E-state index in [1.165, 1.54) is 49.0 Å². The molecule has 0 amide bonds. The summed E-state index contributed by atoms with van der Waals surface area (Å²) in [4.78, 5) is 7.09. The van der Waals surface area contributed by atoms with E-state index in [9.17, 15) is 0 Å². The Labute approximate surface area is 134 Å². The van der Waals surface area contributed by atoms with Crippen molar-refractivity contribution in [2.75, 3.05) is 31.6 Å². The molecule has 3 rings (SSSR count). The summed E-state index contributed by atoms with van der Waals surface area (Å²) >= 11 is 0. The minimum Gasteiger partial charge on any atom is -0.374 e. The second-order valence-corrected chi connectivity index (χ2v) is 6.51. The Morgan fingerprint density at radius 2 is 2.18 bits per heavy atom. The first-order chi connectivity index (χ1) is 10.8. The van der Waals surface area contributed by atoms with Crippen molar-refractivity contribution in [1.82, 2.24) is 10.6 Å². The molecule has 1 aromatic carbocycles. The van der Waals surface area contributed by atoms with Crippen LogP contribution in [0.15, 0.2) is 23.2 Å². The monoisotopic (exact) mass is 300 g/mol. The zero-order chi connectivity index (χ0) is 15.4. The Kier molecular flexibility index (Phi) is 4.86. The Bertz CT molecular complexity index is 534. The molecule has 4 nitrogen and oxygen atoms in total. The molecular weight excluding hydrogens is 272 g/mol. The molecule has 1 fully saturated rings. The number of hydrogen-bond donors (Lipinski definition) is 2. The third-order valence-corrected chi connectivity index (χ3v) is 4.51. The van der Waals surface area contributed by atoms with Gasteiger partial charge in [0.1, 0.15) is 0 Å².